The number of alkyl halides is 2. The number of hydrogen-bond donors (Lipinski definition) is 3. The minimum Gasteiger partial charge on any atom is -0.381 e. The number of primary amides is 1. The molecular formula is C22H28F2N4O3. The van der Waals surface area contributed by atoms with Crippen LogP contribution in [0.2, 0.25) is 0 Å². The van der Waals surface area contributed by atoms with Crippen LogP contribution >= 0.6 is 0 Å². The molecule has 0 radical (unpaired) electrons. The number of benzene rings is 1. The molecule has 1 aromatic carbocycles. The van der Waals surface area contributed by atoms with Crippen LogP contribution in [0.25, 0.3) is 0 Å². The van der Waals surface area contributed by atoms with E-state index in [0.717, 1.165) is 31.7 Å². The highest BCUT2D eigenvalue weighted by Gasteiger charge is 2.36. The number of aromatic amines is 1. The molecule has 168 valence electrons. The predicted molar refractivity (Wildman–Crippen MR) is 112 cm³/mol. The van der Waals surface area contributed by atoms with Crippen LogP contribution in [0.3, 0.4) is 0 Å². The smallest absolute Gasteiger partial charge is 0.282 e. The second kappa shape index (κ2) is 9.55. The van der Waals surface area contributed by atoms with Gasteiger partial charge >= 0.3 is 0 Å². The van der Waals surface area contributed by atoms with E-state index in [1.165, 1.54) is 0 Å². The summed E-state index contributed by atoms with van der Waals surface area (Å²) in [6.45, 7) is 5.43. The van der Waals surface area contributed by atoms with Gasteiger partial charge in [0, 0.05) is 37.1 Å². The molecule has 1 aliphatic carbocycles. The van der Waals surface area contributed by atoms with Crippen molar-refractivity contribution >= 4 is 17.4 Å². The summed E-state index contributed by atoms with van der Waals surface area (Å²) in [5.41, 5.74) is 6.78. The van der Waals surface area contributed by atoms with Crippen molar-refractivity contribution in [2.45, 2.75) is 52.0 Å². The molecule has 0 spiro atoms. The number of carbonyl (C=O) groups excluding carboxylic acids is 2. The summed E-state index contributed by atoms with van der Waals surface area (Å²) >= 11 is 0. The van der Waals surface area contributed by atoms with Crippen LogP contribution in [-0.4, -0.2) is 41.1 Å². The molecular weight excluding hydrogens is 406 g/mol. The number of fused-ring (bicyclic) bond motifs is 1. The molecule has 1 amide bonds. The van der Waals surface area contributed by atoms with Crippen LogP contribution in [0.1, 0.15) is 71.6 Å². The molecule has 1 fully saturated rings. The first kappa shape index (κ1) is 22.9. The van der Waals surface area contributed by atoms with Crippen LogP contribution in [0.4, 0.5) is 14.5 Å². The molecule has 0 saturated carbocycles. The molecule has 4 rings (SSSR count). The number of nitrogens with two attached hydrogens (primary N) is 1. The SMILES string of the molecule is CC1(C)CC(=O)c2c(C(F)F)n[nH]c2C1.NC(=O)c1ccccc1NC1CCOCC1. The van der Waals surface area contributed by atoms with E-state index in [-0.39, 0.29) is 16.8 Å². The Balaban J connectivity index is 0.000000176. The number of para-hydroxylation sites is 1. The predicted octanol–water partition coefficient (Wildman–Crippen LogP) is 3.88. The first-order chi connectivity index (χ1) is 14.7. The van der Waals surface area contributed by atoms with E-state index in [1.54, 1.807) is 6.07 Å². The van der Waals surface area contributed by atoms with Crippen molar-refractivity contribution < 1.29 is 23.1 Å². The van der Waals surface area contributed by atoms with E-state index in [9.17, 15) is 18.4 Å². The summed E-state index contributed by atoms with van der Waals surface area (Å²) in [6, 6.07) is 7.71. The van der Waals surface area contributed by atoms with Gasteiger partial charge in [-0.1, -0.05) is 26.0 Å². The highest BCUT2D eigenvalue weighted by molar-refractivity contribution is 6.00. The van der Waals surface area contributed by atoms with Crippen LogP contribution in [0.15, 0.2) is 24.3 Å². The Morgan fingerprint density at radius 1 is 1.26 bits per heavy atom. The monoisotopic (exact) mass is 434 g/mol. The lowest BCUT2D eigenvalue weighted by molar-refractivity contribution is 0.0895. The molecule has 1 saturated heterocycles. The Hall–Kier alpha value is -2.81. The quantitative estimate of drug-likeness (QED) is 0.676. The van der Waals surface area contributed by atoms with E-state index in [1.807, 2.05) is 32.0 Å². The van der Waals surface area contributed by atoms with Crippen molar-refractivity contribution in [3.8, 4) is 0 Å². The fraction of sp³-hybridized carbons (Fsp3) is 0.500. The summed E-state index contributed by atoms with van der Waals surface area (Å²) in [6.07, 6.45) is 0.142. The zero-order valence-corrected chi connectivity index (χ0v) is 17.7. The molecule has 4 N–H and O–H groups in total. The minimum atomic E-state index is -2.69. The Bertz CT molecular complexity index is 937. The van der Waals surface area contributed by atoms with E-state index >= 15 is 0 Å². The third-order valence-electron chi connectivity index (χ3n) is 5.42. The number of H-pyrrole nitrogens is 1. The molecule has 0 atom stereocenters. The molecule has 7 nitrogen and oxygen atoms in total. The standard InChI is InChI=1S/C12H16N2O2.C10H12F2N2O/c13-12(15)10-3-1-2-4-11(10)14-9-5-7-16-8-6-9;1-10(2)3-5-7(6(15)4-10)8(9(11)12)14-13-5/h1-4,9,14H,5-8H2,(H2,13,15);9H,3-4H2,1-2H3,(H,13,14). The average Bonchev–Trinajstić information content (AvgIpc) is 3.13. The van der Waals surface area contributed by atoms with Crippen molar-refractivity contribution in [1.82, 2.24) is 10.2 Å². The zero-order valence-electron chi connectivity index (χ0n) is 17.7. The van der Waals surface area contributed by atoms with Crippen LogP contribution in [0.5, 0.6) is 0 Å². The molecule has 0 unspecified atom stereocenters. The normalized spacial score (nSPS) is 18.2. The molecule has 2 heterocycles. The molecule has 1 aliphatic heterocycles. The van der Waals surface area contributed by atoms with Crippen molar-refractivity contribution in [3.63, 3.8) is 0 Å². The zero-order chi connectivity index (χ0) is 22.6. The van der Waals surface area contributed by atoms with Gasteiger partial charge in [0.15, 0.2) is 5.78 Å². The van der Waals surface area contributed by atoms with Crippen LogP contribution in [-0.2, 0) is 11.2 Å². The lowest BCUT2D eigenvalue weighted by Gasteiger charge is -2.27. The molecule has 1 aromatic heterocycles. The van der Waals surface area contributed by atoms with Gasteiger partial charge in [-0.15, -0.1) is 0 Å². The number of aromatic nitrogens is 2. The van der Waals surface area contributed by atoms with Gasteiger partial charge in [-0.3, -0.25) is 14.7 Å². The molecule has 9 heteroatoms. The summed E-state index contributed by atoms with van der Waals surface area (Å²) in [5.74, 6) is -0.625. The van der Waals surface area contributed by atoms with Gasteiger partial charge in [0.05, 0.1) is 11.1 Å². The summed E-state index contributed by atoms with van der Waals surface area (Å²) in [5, 5.41) is 9.41. The third kappa shape index (κ3) is 5.66. The summed E-state index contributed by atoms with van der Waals surface area (Å²) in [4.78, 5) is 22.9. The number of hydrogen-bond acceptors (Lipinski definition) is 5. The van der Waals surface area contributed by atoms with Crippen molar-refractivity contribution in [2.75, 3.05) is 18.5 Å². The van der Waals surface area contributed by atoms with E-state index in [2.05, 4.69) is 15.5 Å². The van der Waals surface area contributed by atoms with Gasteiger partial charge in [-0.05, 0) is 36.8 Å². The maximum atomic E-state index is 12.5. The largest absolute Gasteiger partial charge is 0.381 e. The molecule has 2 aromatic rings. The second-order valence-electron chi connectivity index (χ2n) is 8.64. The topological polar surface area (TPSA) is 110 Å². The molecule has 31 heavy (non-hydrogen) atoms. The third-order valence-corrected chi connectivity index (χ3v) is 5.42. The summed E-state index contributed by atoms with van der Waals surface area (Å²) < 4.78 is 30.3. The number of halogens is 2. The number of amides is 1. The number of nitrogens with zero attached hydrogens (tertiary/aromatic N) is 1. The average molecular weight is 434 g/mol. The Kier molecular flexibility index (Phi) is 7.04. The first-order valence-electron chi connectivity index (χ1n) is 10.3. The minimum absolute atomic E-state index is 0.115. The molecule has 0 bridgehead atoms. The van der Waals surface area contributed by atoms with Gasteiger partial charge in [0.25, 0.3) is 12.3 Å². The van der Waals surface area contributed by atoms with Crippen LogP contribution < -0.4 is 11.1 Å². The number of anilines is 1. The maximum absolute atomic E-state index is 12.5. The van der Waals surface area contributed by atoms with Crippen molar-refractivity contribution in [1.29, 1.82) is 0 Å². The Morgan fingerprint density at radius 3 is 2.58 bits per heavy atom. The number of ether oxygens (including phenoxy) is 1. The Morgan fingerprint density at radius 2 is 1.94 bits per heavy atom. The Labute approximate surface area is 179 Å². The second-order valence-corrected chi connectivity index (χ2v) is 8.64. The number of ketones is 1. The van der Waals surface area contributed by atoms with Crippen LogP contribution in [0, 0.1) is 5.41 Å². The molecule has 2 aliphatic rings. The van der Waals surface area contributed by atoms with Gasteiger partial charge in [0.1, 0.15) is 5.69 Å². The van der Waals surface area contributed by atoms with E-state index in [4.69, 9.17) is 10.5 Å². The van der Waals surface area contributed by atoms with Gasteiger partial charge in [0.2, 0.25) is 0 Å². The number of carbonyl (C=O) groups is 2. The lowest BCUT2D eigenvalue weighted by atomic mass is 9.76. The highest BCUT2D eigenvalue weighted by Crippen LogP contribution is 2.37. The fourth-order valence-corrected chi connectivity index (χ4v) is 3.94. The van der Waals surface area contributed by atoms with Gasteiger partial charge in [-0.2, -0.15) is 5.10 Å². The summed E-state index contributed by atoms with van der Waals surface area (Å²) in [7, 11) is 0. The number of nitrogens with one attached hydrogen (secondary N) is 2. The first-order valence-corrected chi connectivity index (χ1v) is 10.3. The fourth-order valence-electron chi connectivity index (χ4n) is 3.94. The number of Topliss-reactive ketones (excluding diaryl/α,β-unsaturated/α-hetero) is 1. The van der Waals surface area contributed by atoms with Crippen molar-refractivity contribution in [2.24, 2.45) is 11.1 Å². The van der Waals surface area contributed by atoms with Gasteiger partial charge < -0.3 is 15.8 Å². The van der Waals surface area contributed by atoms with Crippen molar-refractivity contribution in [3.05, 3.63) is 46.8 Å². The van der Waals surface area contributed by atoms with Gasteiger partial charge in [-0.25, -0.2) is 8.78 Å². The van der Waals surface area contributed by atoms with E-state index < -0.39 is 18.0 Å². The lowest BCUT2D eigenvalue weighted by Crippen LogP contribution is -2.29. The highest BCUT2D eigenvalue weighted by atomic mass is 19.3. The maximum Gasteiger partial charge on any atom is 0.282 e. The number of rotatable bonds is 4. The van der Waals surface area contributed by atoms with E-state index in [0.29, 0.717) is 30.1 Å².